The molecule has 0 bridgehead atoms. The number of carbonyl (C=O) groups excluding carboxylic acids is 1. The summed E-state index contributed by atoms with van der Waals surface area (Å²) in [5, 5.41) is 4.02. The number of methoxy groups -OCH3 is 1. The van der Waals surface area contributed by atoms with E-state index < -0.39 is 5.97 Å². The van der Waals surface area contributed by atoms with Gasteiger partial charge >= 0.3 is 5.97 Å². The Balaban J connectivity index is 2.07. The maximum absolute atomic E-state index is 11.8. The molecule has 1 aromatic rings. The van der Waals surface area contributed by atoms with Crippen molar-refractivity contribution in [1.29, 1.82) is 0 Å². The summed E-state index contributed by atoms with van der Waals surface area (Å²) in [5.41, 5.74) is 6.09. The summed E-state index contributed by atoms with van der Waals surface area (Å²) in [6.07, 6.45) is 3.25. The van der Waals surface area contributed by atoms with E-state index >= 15 is 0 Å². The number of hydrogen-bond donors (Lipinski definition) is 2. The van der Waals surface area contributed by atoms with Gasteiger partial charge in [-0.15, -0.1) is 0 Å². The SMILES string of the molecule is CCOC(=O)c1c(N)nsc1NC1CCC(OC)C1. The molecule has 2 atom stereocenters. The second-order valence-electron chi connectivity index (χ2n) is 4.50. The first-order chi connectivity index (χ1) is 9.15. The Hall–Kier alpha value is -1.34. The quantitative estimate of drug-likeness (QED) is 0.803. The molecule has 2 unspecified atom stereocenters. The van der Waals surface area contributed by atoms with Crippen molar-refractivity contribution in [3.05, 3.63) is 5.56 Å². The summed E-state index contributed by atoms with van der Waals surface area (Å²) in [7, 11) is 1.72. The molecule has 1 saturated carbocycles. The van der Waals surface area contributed by atoms with Gasteiger partial charge in [-0.2, -0.15) is 4.37 Å². The highest BCUT2D eigenvalue weighted by Crippen LogP contribution is 2.31. The van der Waals surface area contributed by atoms with E-state index in [1.807, 2.05) is 0 Å². The van der Waals surface area contributed by atoms with Gasteiger partial charge in [0.1, 0.15) is 10.6 Å². The van der Waals surface area contributed by atoms with Gasteiger partial charge in [-0.05, 0) is 37.7 Å². The van der Waals surface area contributed by atoms with Crippen LogP contribution in [0.15, 0.2) is 0 Å². The van der Waals surface area contributed by atoms with Crippen LogP contribution >= 0.6 is 11.5 Å². The molecule has 1 aliphatic rings. The molecule has 1 heterocycles. The van der Waals surface area contributed by atoms with E-state index in [-0.39, 0.29) is 18.0 Å². The number of rotatable bonds is 5. The molecule has 0 aliphatic heterocycles. The first-order valence-electron chi connectivity index (χ1n) is 6.37. The van der Waals surface area contributed by atoms with Gasteiger partial charge in [0.15, 0.2) is 5.82 Å². The number of nitrogens with zero attached hydrogens (tertiary/aromatic N) is 1. The normalized spacial score (nSPS) is 22.4. The number of hydrogen-bond acceptors (Lipinski definition) is 7. The molecule has 0 amide bonds. The molecule has 2 rings (SSSR count). The summed E-state index contributed by atoms with van der Waals surface area (Å²) in [6.45, 7) is 2.09. The molecule has 1 aromatic heterocycles. The zero-order valence-corrected chi connectivity index (χ0v) is 12.0. The number of carbonyl (C=O) groups is 1. The molecule has 0 aromatic carbocycles. The van der Waals surface area contributed by atoms with E-state index in [9.17, 15) is 4.79 Å². The highest BCUT2D eigenvalue weighted by molar-refractivity contribution is 7.11. The Kier molecular flexibility index (Phi) is 4.60. The molecule has 3 N–H and O–H groups in total. The fraction of sp³-hybridized carbons (Fsp3) is 0.667. The molecule has 0 radical (unpaired) electrons. The summed E-state index contributed by atoms with van der Waals surface area (Å²) in [5.74, 6) is -0.190. The van der Waals surface area contributed by atoms with Gasteiger partial charge in [0.05, 0.1) is 12.7 Å². The number of ether oxygens (including phenoxy) is 2. The van der Waals surface area contributed by atoms with E-state index in [4.69, 9.17) is 15.2 Å². The van der Waals surface area contributed by atoms with Crippen LogP contribution in [0.5, 0.6) is 0 Å². The van der Waals surface area contributed by atoms with Crippen molar-refractivity contribution in [2.75, 3.05) is 24.8 Å². The van der Waals surface area contributed by atoms with Crippen molar-refractivity contribution in [3.63, 3.8) is 0 Å². The molecule has 19 heavy (non-hydrogen) atoms. The third kappa shape index (κ3) is 3.16. The molecule has 0 saturated heterocycles. The second kappa shape index (κ2) is 6.21. The standard InChI is InChI=1S/C12H19N3O3S/c1-3-18-12(16)9-10(13)15-19-11(9)14-7-4-5-8(6-7)17-2/h7-8,14H,3-6H2,1-2H3,(H2,13,15). The predicted molar refractivity (Wildman–Crippen MR) is 74.5 cm³/mol. The van der Waals surface area contributed by atoms with Crippen molar-refractivity contribution < 1.29 is 14.3 Å². The first kappa shape index (κ1) is 14.1. The monoisotopic (exact) mass is 285 g/mol. The molecule has 6 nitrogen and oxygen atoms in total. The summed E-state index contributed by atoms with van der Waals surface area (Å²) < 4.78 is 14.4. The van der Waals surface area contributed by atoms with E-state index in [0.29, 0.717) is 17.2 Å². The number of esters is 1. The van der Waals surface area contributed by atoms with Crippen LogP contribution in [0.1, 0.15) is 36.5 Å². The zero-order valence-electron chi connectivity index (χ0n) is 11.1. The summed E-state index contributed by atoms with van der Waals surface area (Å²) in [4.78, 5) is 11.8. The molecule has 106 valence electrons. The van der Waals surface area contributed by atoms with Gasteiger partial charge in [-0.25, -0.2) is 4.79 Å². The zero-order chi connectivity index (χ0) is 13.8. The van der Waals surface area contributed by atoms with Gasteiger partial charge in [0.25, 0.3) is 0 Å². The number of nitrogens with two attached hydrogens (primary N) is 1. The Morgan fingerprint density at radius 2 is 2.37 bits per heavy atom. The molecule has 0 spiro atoms. The maximum atomic E-state index is 11.8. The largest absolute Gasteiger partial charge is 0.462 e. The van der Waals surface area contributed by atoms with E-state index in [1.54, 1.807) is 14.0 Å². The Labute approximate surface area is 116 Å². The first-order valence-corrected chi connectivity index (χ1v) is 7.14. The fourth-order valence-corrected chi connectivity index (χ4v) is 3.05. The van der Waals surface area contributed by atoms with Crippen LogP contribution in [-0.4, -0.2) is 36.2 Å². The van der Waals surface area contributed by atoms with Crippen LogP contribution in [0, 0.1) is 0 Å². The highest BCUT2D eigenvalue weighted by Gasteiger charge is 2.27. The lowest BCUT2D eigenvalue weighted by Crippen LogP contribution is -2.18. The minimum absolute atomic E-state index is 0.229. The lowest BCUT2D eigenvalue weighted by Gasteiger charge is -2.13. The molecule has 7 heteroatoms. The van der Waals surface area contributed by atoms with E-state index in [0.717, 1.165) is 19.3 Å². The third-order valence-electron chi connectivity index (χ3n) is 3.25. The lowest BCUT2D eigenvalue weighted by molar-refractivity contribution is 0.0529. The summed E-state index contributed by atoms with van der Waals surface area (Å²) >= 11 is 1.20. The van der Waals surface area contributed by atoms with Crippen molar-refractivity contribution in [1.82, 2.24) is 4.37 Å². The van der Waals surface area contributed by atoms with Crippen LogP contribution in [0.4, 0.5) is 10.8 Å². The van der Waals surface area contributed by atoms with Crippen molar-refractivity contribution in [2.24, 2.45) is 0 Å². The number of nitrogen functional groups attached to an aromatic ring is 1. The van der Waals surface area contributed by atoms with Crippen molar-refractivity contribution in [2.45, 2.75) is 38.3 Å². The molecular weight excluding hydrogens is 266 g/mol. The van der Waals surface area contributed by atoms with Crippen LogP contribution in [-0.2, 0) is 9.47 Å². The number of nitrogens with one attached hydrogen (secondary N) is 1. The lowest BCUT2D eigenvalue weighted by atomic mass is 10.2. The van der Waals surface area contributed by atoms with Crippen LogP contribution in [0.3, 0.4) is 0 Å². The molecule has 1 aliphatic carbocycles. The third-order valence-corrected chi connectivity index (χ3v) is 4.04. The smallest absolute Gasteiger partial charge is 0.344 e. The van der Waals surface area contributed by atoms with Crippen LogP contribution < -0.4 is 11.1 Å². The van der Waals surface area contributed by atoms with E-state index in [1.165, 1.54) is 11.5 Å². The van der Waals surface area contributed by atoms with Gasteiger partial charge in [0, 0.05) is 13.2 Å². The number of anilines is 2. The Morgan fingerprint density at radius 1 is 1.58 bits per heavy atom. The fourth-order valence-electron chi connectivity index (χ4n) is 2.27. The van der Waals surface area contributed by atoms with Gasteiger partial charge in [-0.1, -0.05) is 0 Å². The van der Waals surface area contributed by atoms with Gasteiger partial charge in [-0.3, -0.25) is 0 Å². The minimum Gasteiger partial charge on any atom is -0.462 e. The molecule has 1 fully saturated rings. The average molecular weight is 285 g/mol. The highest BCUT2D eigenvalue weighted by atomic mass is 32.1. The van der Waals surface area contributed by atoms with Gasteiger partial charge < -0.3 is 20.5 Å². The predicted octanol–water partition coefficient (Wildman–Crippen LogP) is 1.88. The Morgan fingerprint density at radius 3 is 3.00 bits per heavy atom. The average Bonchev–Trinajstić information content (AvgIpc) is 2.97. The molecular formula is C12H19N3O3S. The van der Waals surface area contributed by atoms with Crippen molar-refractivity contribution in [3.8, 4) is 0 Å². The summed E-state index contributed by atoms with van der Waals surface area (Å²) in [6, 6.07) is 0.290. The topological polar surface area (TPSA) is 86.5 Å². The maximum Gasteiger partial charge on any atom is 0.344 e. The van der Waals surface area contributed by atoms with Crippen molar-refractivity contribution >= 4 is 28.3 Å². The number of aromatic nitrogens is 1. The minimum atomic E-state index is -0.419. The van der Waals surface area contributed by atoms with E-state index in [2.05, 4.69) is 9.69 Å². The van der Waals surface area contributed by atoms with Crippen LogP contribution in [0.2, 0.25) is 0 Å². The Bertz CT molecular complexity index is 449. The van der Waals surface area contributed by atoms with Crippen LogP contribution in [0.25, 0.3) is 0 Å². The van der Waals surface area contributed by atoms with Gasteiger partial charge in [0.2, 0.25) is 0 Å². The second-order valence-corrected chi connectivity index (χ2v) is 5.28.